The van der Waals surface area contributed by atoms with Crippen molar-refractivity contribution in [2.45, 2.75) is 20.5 Å². The van der Waals surface area contributed by atoms with E-state index < -0.39 is 0 Å². The molecule has 2 aromatic heterocycles. The van der Waals surface area contributed by atoms with E-state index in [-0.39, 0.29) is 12.3 Å². The minimum absolute atomic E-state index is 0.188. The van der Waals surface area contributed by atoms with Crippen molar-refractivity contribution in [3.8, 4) is 28.4 Å². The second-order valence-corrected chi connectivity index (χ2v) is 7.55. The fourth-order valence-electron chi connectivity index (χ4n) is 3.32. The lowest BCUT2D eigenvalue weighted by atomic mass is 10.1. The molecule has 4 rings (SSSR count). The summed E-state index contributed by atoms with van der Waals surface area (Å²) in [5, 5.41) is 8.36. The molecular formula is C23H22ClN5O3. The molecule has 0 saturated heterocycles. The summed E-state index contributed by atoms with van der Waals surface area (Å²) in [5.41, 5.74) is 3.67. The Morgan fingerprint density at radius 2 is 1.88 bits per heavy atom. The molecular weight excluding hydrogens is 430 g/mol. The van der Waals surface area contributed by atoms with Crippen molar-refractivity contribution in [2.75, 3.05) is 6.61 Å². The topological polar surface area (TPSA) is 84.1 Å². The van der Waals surface area contributed by atoms with Gasteiger partial charge in [-0.05, 0) is 72.3 Å². The molecule has 8 nitrogen and oxygen atoms in total. The second kappa shape index (κ2) is 9.23. The third-order valence-corrected chi connectivity index (χ3v) is 5.15. The summed E-state index contributed by atoms with van der Waals surface area (Å²) in [6.07, 6.45) is 1.62. The zero-order chi connectivity index (χ0) is 22.7. The molecule has 4 aromatic rings. The Hall–Kier alpha value is -3.65. The van der Waals surface area contributed by atoms with Gasteiger partial charge in [0.2, 0.25) is 0 Å². The van der Waals surface area contributed by atoms with Gasteiger partial charge in [-0.1, -0.05) is 17.7 Å². The number of benzene rings is 2. The van der Waals surface area contributed by atoms with Crippen molar-refractivity contribution in [1.82, 2.24) is 24.8 Å². The zero-order valence-electron chi connectivity index (χ0n) is 17.9. The highest BCUT2D eigenvalue weighted by molar-refractivity contribution is 6.30. The van der Waals surface area contributed by atoms with Crippen molar-refractivity contribution in [1.29, 1.82) is 0 Å². The van der Waals surface area contributed by atoms with Crippen LogP contribution in [0.25, 0.3) is 16.9 Å². The zero-order valence-corrected chi connectivity index (χ0v) is 18.7. The molecule has 0 spiro atoms. The van der Waals surface area contributed by atoms with Gasteiger partial charge in [-0.2, -0.15) is 9.36 Å². The summed E-state index contributed by atoms with van der Waals surface area (Å²) >= 11 is 5.93. The average molecular weight is 452 g/mol. The Labute approximate surface area is 190 Å². The Morgan fingerprint density at radius 3 is 2.53 bits per heavy atom. The van der Waals surface area contributed by atoms with Crippen molar-refractivity contribution in [3.05, 3.63) is 81.4 Å². The number of hydrogen-bond donors (Lipinski definition) is 0. The van der Waals surface area contributed by atoms with Gasteiger partial charge in [0.25, 0.3) is 0 Å². The molecule has 0 fully saturated rings. The van der Waals surface area contributed by atoms with E-state index in [1.807, 2.05) is 56.3 Å². The highest BCUT2D eigenvalue weighted by Gasteiger charge is 2.17. The highest BCUT2D eigenvalue weighted by Crippen LogP contribution is 2.29. The predicted molar refractivity (Wildman–Crippen MR) is 122 cm³/mol. The number of hydrogen-bond acceptors (Lipinski definition) is 6. The molecule has 0 radical (unpaired) electrons. The van der Waals surface area contributed by atoms with Gasteiger partial charge in [0.05, 0.1) is 28.6 Å². The van der Waals surface area contributed by atoms with E-state index in [4.69, 9.17) is 21.1 Å². The minimum atomic E-state index is -0.351. The van der Waals surface area contributed by atoms with E-state index >= 15 is 0 Å². The van der Waals surface area contributed by atoms with Crippen molar-refractivity contribution >= 4 is 11.6 Å². The Morgan fingerprint density at radius 1 is 1.03 bits per heavy atom. The van der Waals surface area contributed by atoms with E-state index in [2.05, 4.69) is 15.4 Å². The van der Waals surface area contributed by atoms with Crippen LogP contribution in [0.2, 0.25) is 5.02 Å². The molecule has 0 N–H and O–H groups in total. The normalized spacial score (nSPS) is 10.9. The predicted octanol–water partition coefficient (Wildman–Crippen LogP) is 3.97. The number of ether oxygens (including phenoxy) is 2. The van der Waals surface area contributed by atoms with Crippen LogP contribution in [0, 0.1) is 6.92 Å². The maximum absolute atomic E-state index is 12.4. The minimum Gasteiger partial charge on any atom is -0.493 e. The fourth-order valence-corrected chi connectivity index (χ4v) is 3.43. The van der Waals surface area contributed by atoms with Gasteiger partial charge < -0.3 is 9.47 Å². The van der Waals surface area contributed by atoms with Crippen molar-refractivity contribution in [3.63, 3.8) is 0 Å². The van der Waals surface area contributed by atoms with Crippen LogP contribution >= 0.6 is 11.6 Å². The first-order valence-electron chi connectivity index (χ1n) is 10.1. The first-order valence-corrected chi connectivity index (χ1v) is 10.4. The number of nitrogens with zero attached hydrogens (tertiary/aromatic N) is 5. The summed E-state index contributed by atoms with van der Waals surface area (Å²) in [6.45, 7) is 4.54. The summed E-state index contributed by atoms with van der Waals surface area (Å²) in [4.78, 5) is 16.8. The number of tetrazole rings is 1. The lowest BCUT2D eigenvalue weighted by Crippen LogP contribution is -2.23. The van der Waals surface area contributed by atoms with E-state index in [1.54, 1.807) is 19.3 Å². The van der Waals surface area contributed by atoms with Gasteiger partial charge in [0, 0.05) is 18.8 Å². The maximum Gasteiger partial charge on any atom is 0.368 e. The molecule has 0 bridgehead atoms. The number of aryl methyl sites for hydroxylation is 2. The molecule has 164 valence electrons. The third-order valence-electron chi connectivity index (χ3n) is 4.93. The Bertz CT molecular complexity index is 1300. The van der Waals surface area contributed by atoms with Crippen molar-refractivity contribution in [2.24, 2.45) is 7.05 Å². The quantitative estimate of drug-likeness (QED) is 0.422. The first kappa shape index (κ1) is 21.6. The summed E-state index contributed by atoms with van der Waals surface area (Å²) in [5.74, 6) is 1.34. The monoisotopic (exact) mass is 451 g/mol. The molecule has 0 amide bonds. The summed E-state index contributed by atoms with van der Waals surface area (Å²) in [7, 11) is 1.55. The molecule has 0 saturated carbocycles. The number of rotatable bonds is 7. The van der Waals surface area contributed by atoms with Crippen LogP contribution in [0.15, 0.2) is 59.5 Å². The Balaban J connectivity index is 1.64. The molecule has 0 aliphatic heterocycles. The molecule has 2 aromatic carbocycles. The molecule has 0 aliphatic rings. The Kier molecular flexibility index (Phi) is 6.23. The van der Waals surface area contributed by atoms with E-state index in [1.165, 1.54) is 9.36 Å². The fraction of sp³-hybridized carbons (Fsp3) is 0.217. The van der Waals surface area contributed by atoms with Gasteiger partial charge in [-0.15, -0.1) is 0 Å². The maximum atomic E-state index is 12.4. The molecule has 0 aliphatic carbocycles. The molecule has 2 heterocycles. The third kappa shape index (κ3) is 4.36. The van der Waals surface area contributed by atoms with E-state index in [0.29, 0.717) is 34.4 Å². The molecule has 9 heteroatoms. The van der Waals surface area contributed by atoms with Gasteiger partial charge in [0.1, 0.15) is 18.1 Å². The highest BCUT2D eigenvalue weighted by atomic mass is 35.5. The number of pyridine rings is 1. The van der Waals surface area contributed by atoms with Crippen LogP contribution in [0.1, 0.15) is 18.1 Å². The lowest BCUT2D eigenvalue weighted by Gasteiger charge is -2.16. The van der Waals surface area contributed by atoms with Crippen LogP contribution in [0.5, 0.6) is 11.5 Å². The second-order valence-electron chi connectivity index (χ2n) is 7.11. The van der Waals surface area contributed by atoms with Gasteiger partial charge >= 0.3 is 5.69 Å². The smallest absolute Gasteiger partial charge is 0.368 e. The van der Waals surface area contributed by atoms with E-state index in [9.17, 15) is 4.79 Å². The molecule has 0 unspecified atom stereocenters. The number of halogens is 1. The lowest BCUT2D eigenvalue weighted by molar-refractivity contribution is 0.284. The van der Waals surface area contributed by atoms with Crippen molar-refractivity contribution < 1.29 is 9.47 Å². The largest absolute Gasteiger partial charge is 0.493 e. The first-order chi connectivity index (χ1) is 15.5. The molecule has 0 atom stereocenters. The standard InChI is InChI=1S/C23H22ClN5O3/c1-4-31-22-7-5-6-20(29-23(30)28(3)26-27-29)18(22)14-32-21-11-8-16(12-15(21)2)19-10-9-17(24)13-25-19/h5-13H,4,14H2,1-3H3. The van der Waals surface area contributed by atoms with Crippen LogP contribution in [0.4, 0.5) is 0 Å². The summed E-state index contributed by atoms with van der Waals surface area (Å²) in [6, 6.07) is 15.0. The van der Waals surface area contributed by atoms with Crippen LogP contribution in [-0.4, -0.2) is 31.4 Å². The van der Waals surface area contributed by atoms with Crippen LogP contribution in [0.3, 0.4) is 0 Å². The average Bonchev–Trinajstić information content (AvgIpc) is 3.12. The van der Waals surface area contributed by atoms with E-state index in [0.717, 1.165) is 16.8 Å². The van der Waals surface area contributed by atoms with Gasteiger partial charge in [0.15, 0.2) is 0 Å². The van der Waals surface area contributed by atoms with Crippen LogP contribution in [-0.2, 0) is 13.7 Å². The van der Waals surface area contributed by atoms with Crippen LogP contribution < -0.4 is 15.2 Å². The van der Waals surface area contributed by atoms with Gasteiger partial charge in [-0.25, -0.2) is 4.79 Å². The SMILES string of the molecule is CCOc1cccc(-n2nnn(C)c2=O)c1COc1ccc(-c2ccc(Cl)cn2)cc1C. The summed E-state index contributed by atoms with van der Waals surface area (Å²) < 4.78 is 14.3. The number of aromatic nitrogens is 5. The van der Waals surface area contributed by atoms with Gasteiger partial charge in [-0.3, -0.25) is 4.98 Å². The molecule has 32 heavy (non-hydrogen) atoms.